The van der Waals surface area contributed by atoms with Crippen LogP contribution in [0.5, 0.6) is 11.5 Å². The molecule has 0 spiro atoms. The Morgan fingerprint density at radius 3 is 2.08 bits per heavy atom. The molecule has 6 heteroatoms. The number of hydrogen-bond acceptors (Lipinski definition) is 6. The molecular weight excluding hydrogens is 312 g/mol. The Kier molecular flexibility index (Phi) is 6.60. The van der Waals surface area contributed by atoms with E-state index in [9.17, 15) is 4.79 Å². The van der Waals surface area contributed by atoms with Gasteiger partial charge in [-0.25, -0.2) is 4.79 Å². The SMILES string of the molecule is COCOc1cc(OCOC)c(-c2ccccc2)cc1C(=O)OC. The molecule has 0 amide bonds. The van der Waals surface area contributed by atoms with Gasteiger partial charge in [-0.3, -0.25) is 0 Å². The van der Waals surface area contributed by atoms with Gasteiger partial charge in [-0.05, 0) is 11.6 Å². The monoisotopic (exact) mass is 332 g/mol. The summed E-state index contributed by atoms with van der Waals surface area (Å²) in [6.45, 7) is 0.0690. The van der Waals surface area contributed by atoms with Crippen LogP contribution in [0.4, 0.5) is 0 Å². The number of ether oxygens (including phenoxy) is 5. The van der Waals surface area contributed by atoms with Crippen LogP contribution in [-0.2, 0) is 14.2 Å². The Labute approximate surface area is 140 Å². The fourth-order valence-corrected chi connectivity index (χ4v) is 2.16. The van der Waals surface area contributed by atoms with Crippen LogP contribution >= 0.6 is 0 Å². The van der Waals surface area contributed by atoms with E-state index in [0.29, 0.717) is 11.5 Å². The fraction of sp³-hybridized carbons (Fsp3) is 0.278. The normalized spacial score (nSPS) is 10.3. The number of carbonyl (C=O) groups excluding carboxylic acids is 1. The lowest BCUT2D eigenvalue weighted by Crippen LogP contribution is -2.09. The van der Waals surface area contributed by atoms with E-state index in [1.165, 1.54) is 21.3 Å². The maximum absolute atomic E-state index is 12.1. The third kappa shape index (κ3) is 4.24. The summed E-state index contributed by atoms with van der Waals surface area (Å²) in [5.41, 5.74) is 1.92. The lowest BCUT2D eigenvalue weighted by molar-refractivity contribution is 0.0436. The molecule has 128 valence electrons. The van der Waals surface area contributed by atoms with Gasteiger partial charge in [-0.2, -0.15) is 0 Å². The molecule has 0 fully saturated rings. The van der Waals surface area contributed by atoms with Crippen LogP contribution < -0.4 is 9.47 Å². The number of benzene rings is 2. The summed E-state index contributed by atoms with van der Waals surface area (Å²) in [6.07, 6.45) is 0. The van der Waals surface area contributed by atoms with Crippen LogP contribution in [0.25, 0.3) is 11.1 Å². The summed E-state index contributed by atoms with van der Waals surface area (Å²) in [6, 6.07) is 12.9. The number of carbonyl (C=O) groups is 1. The minimum atomic E-state index is -0.503. The highest BCUT2D eigenvalue weighted by Gasteiger charge is 2.19. The van der Waals surface area contributed by atoms with E-state index < -0.39 is 5.97 Å². The summed E-state index contributed by atoms with van der Waals surface area (Å²) in [5, 5.41) is 0. The van der Waals surface area contributed by atoms with Crippen molar-refractivity contribution in [1.29, 1.82) is 0 Å². The Hall–Kier alpha value is -2.57. The first kappa shape index (κ1) is 17.8. The largest absolute Gasteiger partial charge is 0.467 e. The van der Waals surface area contributed by atoms with Gasteiger partial charge < -0.3 is 23.7 Å². The van der Waals surface area contributed by atoms with Gasteiger partial charge in [0, 0.05) is 25.8 Å². The lowest BCUT2D eigenvalue weighted by Gasteiger charge is -2.16. The quantitative estimate of drug-likeness (QED) is 0.547. The van der Waals surface area contributed by atoms with Crippen molar-refractivity contribution in [3.63, 3.8) is 0 Å². The summed E-state index contributed by atoms with van der Waals surface area (Å²) in [4.78, 5) is 12.1. The maximum Gasteiger partial charge on any atom is 0.341 e. The van der Waals surface area contributed by atoms with Crippen LogP contribution in [0.15, 0.2) is 42.5 Å². The average molecular weight is 332 g/mol. The summed E-state index contributed by atoms with van der Waals surface area (Å²) in [7, 11) is 4.35. The van der Waals surface area contributed by atoms with Gasteiger partial charge in [0.15, 0.2) is 13.6 Å². The molecule has 2 aromatic rings. The van der Waals surface area contributed by atoms with Crippen LogP contribution in [-0.4, -0.2) is 40.9 Å². The molecule has 0 atom stereocenters. The minimum absolute atomic E-state index is 0.00159. The highest BCUT2D eigenvalue weighted by atomic mass is 16.7. The van der Waals surface area contributed by atoms with E-state index in [4.69, 9.17) is 23.7 Å². The molecule has 0 radical (unpaired) electrons. The van der Waals surface area contributed by atoms with Crippen molar-refractivity contribution < 1.29 is 28.5 Å². The molecule has 0 bridgehead atoms. The van der Waals surface area contributed by atoms with Gasteiger partial charge in [0.25, 0.3) is 0 Å². The third-order valence-electron chi connectivity index (χ3n) is 3.24. The van der Waals surface area contributed by atoms with E-state index in [0.717, 1.165) is 11.1 Å². The van der Waals surface area contributed by atoms with Crippen molar-refractivity contribution in [1.82, 2.24) is 0 Å². The molecule has 0 aliphatic carbocycles. The second kappa shape index (κ2) is 8.90. The molecule has 0 aliphatic heterocycles. The van der Waals surface area contributed by atoms with Crippen LogP contribution in [0.1, 0.15) is 10.4 Å². The van der Waals surface area contributed by atoms with Crippen LogP contribution in [0, 0.1) is 0 Å². The van der Waals surface area contributed by atoms with Crippen molar-refractivity contribution in [2.45, 2.75) is 0 Å². The first-order chi connectivity index (χ1) is 11.7. The predicted molar refractivity (Wildman–Crippen MR) is 88.2 cm³/mol. The molecular formula is C18H20O6. The number of esters is 1. The molecule has 2 rings (SSSR count). The second-order valence-corrected chi connectivity index (χ2v) is 4.80. The third-order valence-corrected chi connectivity index (χ3v) is 3.24. The average Bonchev–Trinajstić information content (AvgIpc) is 2.64. The lowest BCUT2D eigenvalue weighted by atomic mass is 10.0. The van der Waals surface area contributed by atoms with E-state index in [2.05, 4.69) is 0 Å². The molecule has 0 heterocycles. The smallest absolute Gasteiger partial charge is 0.341 e. The zero-order chi connectivity index (χ0) is 17.4. The number of rotatable bonds is 8. The number of methoxy groups -OCH3 is 3. The Morgan fingerprint density at radius 1 is 0.875 bits per heavy atom. The van der Waals surface area contributed by atoms with Gasteiger partial charge in [-0.15, -0.1) is 0 Å². The molecule has 0 N–H and O–H groups in total. The van der Waals surface area contributed by atoms with Crippen molar-refractivity contribution >= 4 is 5.97 Å². The molecule has 0 aromatic heterocycles. The van der Waals surface area contributed by atoms with Gasteiger partial charge >= 0.3 is 5.97 Å². The molecule has 0 unspecified atom stereocenters. The Bertz CT molecular complexity index is 669. The molecule has 2 aromatic carbocycles. The predicted octanol–water partition coefficient (Wildman–Crippen LogP) is 3.11. The summed E-state index contributed by atoms with van der Waals surface area (Å²) >= 11 is 0. The fourth-order valence-electron chi connectivity index (χ4n) is 2.16. The zero-order valence-electron chi connectivity index (χ0n) is 13.9. The highest BCUT2D eigenvalue weighted by molar-refractivity contribution is 5.95. The van der Waals surface area contributed by atoms with E-state index in [-0.39, 0.29) is 19.1 Å². The number of hydrogen-bond donors (Lipinski definition) is 0. The van der Waals surface area contributed by atoms with Crippen molar-refractivity contribution in [2.24, 2.45) is 0 Å². The topological polar surface area (TPSA) is 63.2 Å². The minimum Gasteiger partial charge on any atom is -0.467 e. The maximum atomic E-state index is 12.1. The van der Waals surface area contributed by atoms with Crippen LogP contribution in [0.3, 0.4) is 0 Å². The van der Waals surface area contributed by atoms with Crippen molar-refractivity contribution in [2.75, 3.05) is 34.9 Å². The van der Waals surface area contributed by atoms with Crippen molar-refractivity contribution in [3.05, 3.63) is 48.0 Å². The van der Waals surface area contributed by atoms with Crippen molar-refractivity contribution in [3.8, 4) is 22.6 Å². The Morgan fingerprint density at radius 2 is 1.50 bits per heavy atom. The standard InChI is InChI=1S/C18H20O6/c1-20-11-23-16-10-17(24-12-21-2)15(18(19)22-3)9-14(16)13-7-5-4-6-8-13/h4-10H,11-12H2,1-3H3. The zero-order valence-corrected chi connectivity index (χ0v) is 13.9. The molecule has 0 saturated carbocycles. The van der Waals surface area contributed by atoms with Gasteiger partial charge in [-0.1, -0.05) is 30.3 Å². The first-order valence-corrected chi connectivity index (χ1v) is 7.26. The highest BCUT2D eigenvalue weighted by Crippen LogP contribution is 2.36. The second-order valence-electron chi connectivity index (χ2n) is 4.80. The molecule has 0 saturated heterocycles. The van der Waals surface area contributed by atoms with Gasteiger partial charge in [0.1, 0.15) is 17.1 Å². The van der Waals surface area contributed by atoms with E-state index in [1.807, 2.05) is 30.3 Å². The first-order valence-electron chi connectivity index (χ1n) is 7.26. The van der Waals surface area contributed by atoms with Crippen LogP contribution in [0.2, 0.25) is 0 Å². The molecule has 6 nitrogen and oxygen atoms in total. The van der Waals surface area contributed by atoms with Gasteiger partial charge in [0.05, 0.1) is 7.11 Å². The molecule has 24 heavy (non-hydrogen) atoms. The van der Waals surface area contributed by atoms with Gasteiger partial charge in [0.2, 0.25) is 0 Å². The Balaban J connectivity index is 2.55. The van der Waals surface area contributed by atoms with E-state index >= 15 is 0 Å². The summed E-state index contributed by atoms with van der Waals surface area (Å²) in [5.74, 6) is 0.341. The summed E-state index contributed by atoms with van der Waals surface area (Å²) < 4.78 is 25.8. The van der Waals surface area contributed by atoms with E-state index in [1.54, 1.807) is 12.1 Å². The molecule has 0 aliphatic rings.